The summed E-state index contributed by atoms with van der Waals surface area (Å²) < 4.78 is 13.6. The van der Waals surface area contributed by atoms with Gasteiger partial charge in [0, 0.05) is 12.0 Å². The lowest BCUT2D eigenvalue weighted by Gasteiger charge is -2.31. The zero-order valence-corrected chi connectivity index (χ0v) is 21.1. The van der Waals surface area contributed by atoms with Gasteiger partial charge in [-0.2, -0.15) is 0 Å². The van der Waals surface area contributed by atoms with Crippen molar-refractivity contribution in [1.29, 1.82) is 0 Å². The van der Waals surface area contributed by atoms with Crippen LogP contribution < -0.4 is 8.85 Å². The fourth-order valence-electron chi connectivity index (χ4n) is 4.05. The number of hydrogen-bond donors (Lipinski definition) is 0. The molecule has 3 rings (SSSR count). The van der Waals surface area contributed by atoms with Gasteiger partial charge in [-0.15, -0.1) is 0 Å². The largest absolute Gasteiger partial charge is 0.542 e. The van der Waals surface area contributed by atoms with Crippen LogP contribution in [0.2, 0.25) is 38.3 Å². The van der Waals surface area contributed by atoms with Crippen molar-refractivity contribution in [3.63, 3.8) is 0 Å². The van der Waals surface area contributed by atoms with Gasteiger partial charge in [0.2, 0.25) is 16.6 Å². The van der Waals surface area contributed by atoms with Gasteiger partial charge in [-0.05, 0) is 61.0 Å². The fourth-order valence-corrected chi connectivity index (χ4v) is 8.18. The van der Waals surface area contributed by atoms with Crippen LogP contribution in [0.5, 0.6) is 11.5 Å². The van der Waals surface area contributed by atoms with Crippen LogP contribution in [0.15, 0.2) is 36.4 Å². The Balaban J connectivity index is 1.99. The number of unbranched alkanes of at least 4 members (excludes halogenated alkanes) is 2. The van der Waals surface area contributed by atoms with Gasteiger partial charge in [0.1, 0.15) is 11.5 Å². The van der Waals surface area contributed by atoms with Gasteiger partial charge < -0.3 is 8.85 Å². The Kier molecular flexibility index (Phi) is 6.95. The lowest BCUT2D eigenvalue weighted by atomic mass is 10.1. The maximum Gasteiger partial charge on any atom is 0.245 e. The van der Waals surface area contributed by atoms with Crippen LogP contribution in [0.4, 0.5) is 0 Å². The predicted molar refractivity (Wildman–Crippen MR) is 130 cm³/mol. The van der Waals surface area contributed by atoms with Crippen molar-refractivity contribution < 1.29 is 8.85 Å². The molecule has 1 aliphatic carbocycles. The number of rotatable bonds is 10. The van der Waals surface area contributed by atoms with Gasteiger partial charge in [0.15, 0.2) is 0 Å². The molecule has 2 nitrogen and oxygen atoms in total. The molecule has 0 unspecified atom stereocenters. The second kappa shape index (κ2) is 9.09. The van der Waals surface area contributed by atoms with E-state index in [0.29, 0.717) is 0 Å². The molecule has 157 valence electrons. The SMILES string of the molecule is CCCC[Si](C)(C)Oc1ccc2c(c1O[Si](C)(C)CCCC)[CH]c1ccccc1-2. The zero-order valence-electron chi connectivity index (χ0n) is 19.1. The number of benzene rings is 2. The predicted octanol–water partition coefficient (Wildman–Crippen LogP) is 8.04. The normalized spacial score (nSPS) is 13.2. The van der Waals surface area contributed by atoms with E-state index in [1.54, 1.807) is 0 Å². The van der Waals surface area contributed by atoms with Crippen LogP contribution in [0.3, 0.4) is 0 Å². The molecular formula is C25H37O2Si2. The van der Waals surface area contributed by atoms with E-state index in [1.165, 1.54) is 60.0 Å². The van der Waals surface area contributed by atoms with E-state index in [-0.39, 0.29) is 0 Å². The Morgan fingerprint density at radius 2 is 1.34 bits per heavy atom. The number of hydrogen-bond acceptors (Lipinski definition) is 2. The molecule has 0 aromatic heterocycles. The van der Waals surface area contributed by atoms with Gasteiger partial charge in [0.25, 0.3) is 0 Å². The van der Waals surface area contributed by atoms with E-state index in [2.05, 4.69) is 82.9 Å². The highest BCUT2D eigenvalue weighted by Gasteiger charge is 2.33. The second-order valence-electron chi connectivity index (χ2n) is 9.52. The highest BCUT2D eigenvalue weighted by Crippen LogP contribution is 2.48. The highest BCUT2D eigenvalue weighted by atomic mass is 28.4. The van der Waals surface area contributed by atoms with Crippen molar-refractivity contribution in [3.8, 4) is 22.6 Å². The van der Waals surface area contributed by atoms with Crippen LogP contribution >= 0.6 is 0 Å². The average Bonchev–Trinajstić information content (AvgIpc) is 3.05. The minimum Gasteiger partial charge on any atom is -0.542 e. The second-order valence-corrected chi connectivity index (χ2v) is 18.0. The molecule has 0 N–H and O–H groups in total. The molecule has 0 aliphatic heterocycles. The van der Waals surface area contributed by atoms with Crippen LogP contribution in [-0.4, -0.2) is 16.6 Å². The molecule has 0 amide bonds. The van der Waals surface area contributed by atoms with E-state index in [4.69, 9.17) is 8.85 Å². The van der Waals surface area contributed by atoms with Gasteiger partial charge in [-0.3, -0.25) is 0 Å². The summed E-state index contributed by atoms with van der Waals surface area (Å²) in [6, 6.07) is 15.4. The molecule has 1 radical (unpaired) electrons. The quantitative estimate of drug-likeness (QED) is 0.306. The molecule has 0 spiro atoms. The first-order chi connectivity index (χ1) is 13.8. The molecule has 1 aliphatic rings. The van der Waals surface area contributed by atoms with E-state index >= 15 is 0 Å². The summed E-state index contributed by atoms with van der Waals surface area (Å²) in [5.74, 6) is 1.95. The van der Waals surface area contributed by atoms with Gasteiger partial charge in [-0.1, -0.05) is 69.9 Å². The monoisotopic (exact) mass is 425 g/mol. The maximum atomic E-state index is 6.86. The summed E-state index contributed by atoms with van der Waals surface area (Å²) in [5.41, 5.74) is 5.06. The standard InChI is InChI=1S/C25H37O2Si2/c1-7-9-17-28(3,4)26-24-16-15-22-21-14-12-11-13-20(21)19-23(22)25(24)27-29(5,6)18-10-8-2/h11-16,19H,7-10,17-18H2,1-6H3. The maximum absolute atomic E-state index is 6.86. The summed E-state index contributed by atoms with van der Waals surface area (Å²) in [5, 5.41) is 0. The minimum atomic E-state index is -1.83. The first-order valence-electron chi connectivity index (χ1n) is 11.3. The molecule has 4 heteroatoms. The van der Waals surface area contributed by atoms with Crippen LogP contribution in [-0.2, 0) is 0 Å². The smallest absolute Gasteiger partial charge is 0.245 e. The van der Waals surface area contributed by atoms with Crippen LogP contribution in [0.25, 0.3) is 11.1 Å². The van der Waals surface area contributed by atoms with Crippen molar-refractivity contribution in [1.82, 2.24) is 0 Å². The van der Waals surface area contributed by atoms with Crippen molar-refractivity contribution in [3.05, 3.63) is 53.9 Å². The molecule has 29 heavy (non-hydrogen) atoms. The van der Waals surface area contributed by atoms with Gasteiger partial charge >= 0.3 is 0 Å². The topological polar surface area (TPSA) is 18.5 Å². The molecule has 0 saturated heterocycles. The fraction of sp³-hybridized carbons (Fsp3) is 0.480. The number of fused-ring (bicyclic) bond motifs is 3. The average molecular weight is 426 g/mol. The third-order valence-corrected chi connectivity index (χ3v) is 10.4. The summed E-state index contributed by atoms with van der Waals surface area (Å²) in [4.78, 5) is 0. The molecule has 0 atom stereocenters. The van der Waals surface area contributed by atoms with Crippen molar-refractivity contribution in [2.45, 2.75) is 77.8 Å². The molecular weight excluding hydrogens is 388 g/mol. The Hall–Kier alpha value is -1.53. The summed E-state index contributed by atoms with van der Waals surface area (Å²) in [6.07, 6.45) is 7.18. The lowest BCUT2D eigenvalue weighted by molar-refractivity contribution is 0.476. The molecule has 2 aromatic rings. The molecule has 0 saturated carbocycles. The molecule has 0 fully saturated rings. The Morgan fingerprint density at radius 3 is 2.00 bits per heavy atom. The van der Waals surface area contributed by atoms with Crippen LogP contribution in [0, 0.1) is 6.42 Å². The molecule has 0 heterocycles. The molecule has 0 bridgehead atoms. The molecule has 2 aromatic carbocycles. The first-order valence-corrected chi connectivity index (χ1v) is 17.5. The minimum absolute atomic E-state index is 0.956. The van der Waals surface area contributed by atoms with Crippen molar-refractivity contribution in [2.24, 2.45) is 0 Å². The Bertz CT molecular complexity index is 843. The summed E-state index contributed by atoms with van der Waals surface area (Å²) in [7, 11) is -3.62. The Labute approximate surface area is 179 Å². The third kappa shape index (κ3) is 5.34. The van der Waals surface area contributed by atoms with Gasteiger partial charge in [-0.25, -0.2) is 0 Å². The Morgan fingerprint density at radius 1 is 0.724 bits per heavy atom. The third-order valence-electron chi connectivity index (χ3n) is 5.74. The van der Waals surface area contributed by atoms with E-state index in [0.717, 1.165) is 11.5 Å². The zero-order chi connectivity index (χ0) is 21.1. The van der Waals surface area contributed by atoms with Crippen molar-refractivity contribution in [2.75, 3.05) is 0 Å². The van der Waals surface area contributed by atoms with Gasteiger partial charge in [0.05, 0.1) is 0 Å². The lowest BCUT2D eigenvalue weighted by Crippen LogP contribution is -2.36. The van der Waals surface area contributed by atoms with E-state index in [9.17, 15) is 0 Å². The highest BCUT2D eigenvalue weighted by molar-refractivity contribution is 6.72. The summed E-state index contributed by atoms with van der Waals surface area (Å²) in [6.45, 7) is 13.9. The van der Waals surface area contributed by atoms with Crippen molar-refractivity contribution >= 4 is 16.6 Å². The first kappa shape index (κ1) is 22.2. The van der Waals surface area contributed by atoms with E-state index in [1.807, 2.05) is 0 Å². The van der Waals surface area contributed by atoms with Crippen LogP contribution in [0.1, 0.15) is 50.7 Å². The van der Waals surface area contributed by atoms with E-state index < -0.39 is 16.6 Å². The summed E-state index contributed by atoms with van der Waals surface area (Å²) >= 11 is 0.